The third kappa shape index (κ3) is 5.91. The lowest BCUT2D eigenvalue weighted by atomic mass is 9.92. The van der Waals surface area contributed by atoms with E-state index in [1.807, 2.05) is 0 Å². The molecule has 0 N–H and O–H groups in total. The maximum atomic E-state index is 13.7. The Bertz CT molecular complexity index is 658. The predicted octanol–water partition coefficient (Wildman–Crippen LogP) is 5.18. The highest BCUT2D eigenvalue weighted by molar-refractivity contribution is 5.87. The second kappa shape index (κ2) is 9.47. The van der Waals surface area contributed by atoms with Crippen molar-refractivity contribution in [1.29, 1.82) is 0 Å². The quantitative estimate of drug-likeness (QED) is 0.221. The number of rotatable bonds is 12. The summed E-state index contributed by atoms with van der Waals surface area (Å²) in [7, 11) is 0. The fourth-order valence-electron chi connectivity index (χ4n) is 1.76. The molecule has 0 rings (SSSR count). The number of hydrogen-bond acceptors (Lipinski definition) is 4. The minimum Gasteiger partial charge on any atom is -0.462 e. The molecule has 0 aromatic carbocycles. The molecular weight excluding hydrogens is 458 g/mol. The third-order valence-corrected chi connectivity index (χ3v) is 3.70. The molecule has 0 unspecified atom stereocenters. The van der Waals surface area contributed by atoms with Crippen molar-refractivity contribution in [2.45, 2.75) is 56.3 Å². The SMILES string of the molecule is C=C(C)C(=O)OCCC(F)(F)C(F)(F)C(F)(F)C(F)(F)C(F)(F)CCOC(=O)C(=C)C. The van der Waals surface area contributed by atoms with E-state index in [4.69, 9.17) is 0 Å². The van der Waals surface area contributed by atoms with Crippen LogP contribution in [0.3, 0.4) is 0 Å². The molecule has 0 aliphatic rings. The molecule has 0 aromatic heterocycles. The van der Waals surface area contributed by atoms with Crippen molar-refractivity contribution in [3.05, 3.63) is 24.3 Å². The Morgan fingerprint density at radius 3 is 1.10 bits per heavy atom. The van der Waals surface area contributed by atoms with Gasteiger partial charge in [0.05, 0.1) is 26.1 Å². The molecule has 0 bridgehead atoms. The van der Waals surface area contributed by atoms with Crippen molar-refractivity contribution in [3.63, 3.8) is 0 Å². The largest absolute Gasteiger partial charge is 0.462 e. The third-order valence-electron chi connectivity index (χ3n) is 3.70. The van der Waals surface area contributed by atoms with E-state index in [-0.39, 0.29) is 11.1 Å². The molecule has 0 atom stereocenters. The number of ether oxygens (including phenoxy) is 2. The minimum absolute atomic E-state index is 0.376. The smallest absolute Gasteiger partial charge is 0.384 e. The second-order valence-corrected chi connectivity index (χ2v) is 6.46. The summed E-state index contributed by atoms with van der Waals surface area (Å²) in [5, 5.41) is 0. The van der Waals surface area contributed by atoms with Gasteiger partial charge in [-0.05, 0) is 13.8 Å². The van der Waals surface area contributed by atoms with E-state index in [2.05, 4.69) is 22.6 Å². The number of halogens is 10. The van der Waals surface area contributed by atoms with Crippen LogP contribution in [0.15, 0.2) is 24.3 Å². The van der Waals surface area contributed by atoms with Crippen molar-refractivity contribution in [3.8, 4) is 0 Å². The molecule has 0 aliphatic heterocycles. The summed E-state index contributed by atoms with van der Waals surface area (Å²) in [4.78, 5) is 22.0. The van der Waals surface area contributed by atoms with Crippen molar-refractivity contribution < 1.29 is 63.0 Å². The summed E-state index contributed by atoms with van der Waals surface area (Å²) in [6, 6.07) is 0. The standard InChI is InChI=1S/C17H18F10O4/c1-9(2)11(28)30-7-5-13(18,19)15(22,23)17(26,27)16(24,25)14(20,21)6-8-31-12(29)10(3)4/h1,3,5-8H2,2,4H3. The molecule has 4 nitrogen and oxygen atoms in total. The normalized spacial score (nSPS) is 13.5. The highest BCUT2D eigenvalue weighted by atomic mass is 19.4. The summed E-state index contributed by atoms with van der Waals surface area (Å²) in [5.74, 6) is -36.0. The fraction of sp³-hybridized carbons (Fsp3) is 0.647. The van der Waals surface area contributed by atoms with Crippen molar-refractivity contribution >= 4 is 11.9 Å². The van der Waals surface area contributed by atoms with Gasteiger partial charge in [-0.2, -0.15) is 43.9 Å². The highest BCUT2D eigenvalue weighted by Crippen LogP contribution is 2.58. The molecule has 0 radical (unpaired) electrons. The van der Waals surface area contributed by atoms with Crippen molar-refractivity contribution in [1.82, 2.24) is 0 Å². The zero-order valence-electron chi connectivity index (χ0n) is 16.2. The number of carbonyl (C=O) groups is 2. The Balaban J connectivity index is 5.58. The highest BCUT2D eigenvalue weighted by Gasteiger charge is 2.85. The first-order valence-electron chi connectivity index (χ1n) is 8.20. The Kier molecular flexibility index (Phi) is 8.77. The number of carbonyl (C=O) groups excluding carboxylic acids is 2. The van der Waals surface area contributed by atoms with Crippen LogP contribution in [0.5, 0.6) is 0 Å². The Morgan fingerprint density at radius 1 is 0.613 bits per heavy atom. The van der Waals surface area contributed by atoms with Gasteiger partial charge in [0.1, 0.15) is 0 Å². The van der Waals surface area contributed by atoms with Gasteiger partial charge >= 0.3 is 41.6 Å². The maximum absolute atomic E-state index is 13.7. The molecule has 0 saturated carbocycles. The monoisotopic (exact) mass is 476 g/mol. The van der Waals surface area contributed by atoms with Gasteiger partial charge in [-0.3, -0.25) is 0 Å². The first kappa shape index (κ1) is 28.7. The van der Waals surface area contributed by atoms with E-state index in [9.17, 15) is 53.5 Å². The van der Waals surface area contributed by atoms with E-state index < -0.39 is 67.6 Å². The van der Waals surface area contributed by atoms with Crippen molar-refractivity contribution in [2.24, 2.45) is 0 Å². The maximum Gasteiger partial charge on any atom is 0.384 e. The Morgan fingerprint density at radius 2 is 0.871 bits per heavy atom. The van der Waals surface area contributed by atoms with E-state index in [1.54, 1.807) is 0 Å². The van der Waals surface area contributed by atoms with Gasteiger partial charge in [0.2, 0.25) is 0 Å². The van der Waals surface area contributed by atoms with Gasteiger partial charge in [0.25, 0.3) is 0 Å². The van der Waals surface area contributed by atoms with Gasteiger partial charge in [0, 0.05) is 11.1 Å². The van der Waals surface area contributed by atoms with Crippen LogP contribution in [0.2, 0.25) is 0 Å². The lowest BCUT2D eigenvalue weighted by Crippen LogP contribution is -2.67. The van der Waals surface area contributed by atoms with Crippen LogP contribution in [0.25, 0.3) is 0 Å². The average molecular weight is 476 g/mol. The summed E-state index contributed by atoms with van der Waals surface area (Å²) in [6.07, 6.45) is -4.76. The van der Waals surface area contributed by atoms with Gasteiger partial charge in [-0.1, -0.05) is 13.2 Å². The van der Waals surface area contributed by atoms with Gasteiger partial charge in [-0.15, -0.1) is 0 Å². The Labute approximate surface area is 169 Å². The zero-order valence-corrected chi connectivity index (χ0v) is 16.2. The van der Waals surface area contributed by atoms with Crippen LogP contribution in [0.1, 0.15) is 26.7 Å². The van der Waals surface area contributed by atoms with Crippen molar-refractivity contribution in [2.75, 3.05) is 13.2 Å². The van der Waals surface area contributed by atoms with E-state index in [0.29, 0.717) is 0 Å². The number of alkyl halides is 10. The van der Waals surface area contributed by atoms with Crippen LogP contribution in [0, 0.1) is 0 Å². The molecule has 0 amide bonds. The molecule has 0 aliphatic carbocycles. The predicted molar refractivity (Wildman–Crippen MR) is 85.5 cm³/mol. The first-order valence-corrected chi connectivity index (χ1v) is 8.20. The van der Waals surface area contributed by atoms with Crippen LogP contribution in [-0.4, -0.2) is 54.8 Å². The number of esters is 2. The summed E-state index contributed by atoms with van der Waals surface area (Å²) < 4.78 is 145. The van der Waals surface area contributed by atoms with Crippen LogP contribution in [0.4, 0.5) is 43.9 Å². The molecule has 31 heavy (non-hydrogen) atoms. The molecular formula is C17H18F10O4. The lowest BCUT2D eigenvalue weighted by Gasteiger charge is -2.39. The second-order valence-electron chi connectivity index (χ2n) is 6.46. The molecule has 180 valence electrons. The van der Waals surface area contributed by atoms with Gasteiger partial charge < -0.3 is 9.47 Å². The van der Waals surface area contributed by atoms with Gasteiger partial charge in [-0.25, -0.2) is 9.59 Å². The molecule has 0 heterocycles. The van der Waals surface area contributed by atoms with Crippen LogP contribution in [-0.2, 0) is 19.1 Å². The molecule has 14 heteroatoms. The molecule has 0 saturated heterocycles. The Hall–Kier alpha value is -2.28. The molecule has 0 fully saturated rings. The summed E-state index contributed by atoms with van der Waals surface area (Å²) in [5.41, 5.74) is -0.752. The van der Waals surface area contributed by atoms with E-state index in [1.165, 1.54) is 0 Å². The van der Waals surface area contributed by atoms with E-state index >= 15 is 0 Å². The summed E-state index contributed by atoms with van der Waals surface area (Å²) in [6.45, 7) is 4.84. The fourth-order valence-corrected chi connectivity index (χ4v) is 1.76. The lowest BCUT2D eigenvalue weighted by molar-refractivity contribution is -0.403. The molecule has 0 spiro atoms. The number of hydrogen-bond donors (Lipinski definition) is 0. The molecule has 0 aromatic rings. The average Bonchev–Trinajstić information content (AvgIpc) is 2.60. The van der Waals surface area contributed by atoms with E-state index in [0.717, 1.165) is 13.8 Å². The topological polar surface area (TPSA) is 52.6 Å². The minimum atomic E-state index is -7.26. The first-order chi connectivity index (χ1) is 13.7. The van der Waals surface area contributed by atoms with Crippen LogP contribution >= 0.6 is 0 Å². The summed E-state index contributed by atoms with van der Waals surface area (Å²) >= 11 is 0. The van der Waals surface area contributed by atoms with Gasteiger partial charge in [0.15, 0.2) is 0 Å². The zero-order chi connectivity index (χ0) is 25.1. The van der Waals surface area contributed by atoms with Crippen LogP contribution < -0.4 is 0 Å².